The molecule has 1 aliphatic carbocycles. The van der Waals surface area contributed by atoms with Crippen LogP contribution in [-0.4, -0.2) is 23.4 Å². The molecule has 0 saturated heterocycles. The Hall–Kier alpha value is -1.04. The van der Waals surface area contributed by atoms with Gasteiger partial charge < -0.3 is 4.90 Å². The highest BCUT2D eigenvalue weighted by atomic mass is 16.2. The number of rotatable bonds is 6. The van der Waals surface area contributed by atoms with Crippen LogP contribution in [0.2, 0.25) is 0 Å². The van der Waals surface area contributed by atoms with E-state index in [9.17, 15) is 4.79 Å². The van der Waals surface area contributed by atoms with Gasteiger partial charge in [-0.3, -0.25) is 4.79 Å². The topological polar surface area (TPSA) is 44.1 Å². The molecule has 1 rings (SSSR count). The molecule has 3 nitrogen and oxygen atoms in total. The van der Waals surface area contributed by atoms with Gasteiger partial charge in [0.2, 0.25) is 5.91 Å². The van der Waals surface area contributed by atoms with Crippen molar-refractivity contribution in [1.82, 2.24) is 4.90 Å². The molecule has 1 fully saturated rings. The van der Waals surface area contributed by atoms with Crippen LogP contribution >= 0.6 is 0 Å². The fourth-order valence-corrected chi connectivity index (χ4v) is 2.79. The molecule has 0 aromatic carbocycles. The number of carbonyl (C=O) groups excluding carboxylic acids is 1. The summed E-state index contributed by atoms with van der Waals surface area (Å²) >= 11 is 0. The number of hydrogen-bond acceptors (Lipinski definition) is 2. The van der Waals surface area contributed by atoms with Crippen molar-refractivity contribution in [1.29, 1.82) is 5.26 Å². The molecule has 1 amide bonds. The Bertz CT molecular complexity index is 287. The Morgan fingerprint density at radius 2 is 2.00 bits per heavy atom. The van der Waals surface area contributed by atoms with Crippen molar-refractivity contribution in [2.75, 3.05) is 6.54 Å². The van der Waals surface area contributed by atoms with Crippen LogP contribution in [0, 0.1) is 17.2 Å². The maximum Gasteiger partial charge on any atom is 0.222 e. The van der Waals surface area contributed by atoms with Gasteiger partial charge in [0, 0.05) is 19.0 Å². The Balaban J connectivity index is 2.33. The molecule has 0 spiro atoms. The van der Waals surface area contributed by atoms with E-state index in [0.717, 1.165) is 12.3 Å². The summed E-state index contributed by atoms with van der Waals surface area (Å²) in [4.78, 5) is 14.0. The minimum Gasteiger partial charge on any atom is -0.339 e. The van der Waals surface area contributed by atoms with E-state index < -0.39 is 0 Å². The molecule has 1 saturated carbocycles. The smallest absolute Gasteiger partial charge is 0.222 e. The third-order valence-corrected chi connectivity index (χ3v) is 3.90. The highest BCUT2D eigenvalue weighted by Gasteiger charge is 2.19. The largest absolute Gasteiger partial charge is 0.339 e. The van der Waals surface area contributed by atoms with Gasteiger partial charge in [-0.1, -0.05) is 32.1 Å². The van der Waals surface area contributed by atoms with E-state index in [1.54, 1.807) is 0 Å². The number of carbonyl (C=O) groups is 1. The van der Waals surface area contributed by atoms with Crippen molar-refractivity contribution < 1.29 is 4.79 Å². The maximum absolute atomic E-state index is 12.1. The minimum atomic E-state index is 0.206. The van der Waals surface area contributed by atoms with Crippen molar-refractivity contribution in [3.05, 3.63) is 0 Å². The first-order valence-corrected chi connectivity index (χ1v) is 7.31. The molecular weight excluding hydrogens is 224 g/mol. The van der Waals surface area contributed by atoms with E-state index in [1.807, 2.05) is 18.7 Å². The summed E-state index contributed by atoms with van der Waals surface area (Å²) in [6.45, 7) is 4.63. The molecule has 102 valence electrons. The standard InChI is InChI=1S/C15H26N2O/c1-13(2)17(12-6-11-16)15(18)10-9-14-7-4-3-5-8-14/h13-14H,3-10,12H2,1-2H3. The van der Waals surface area contributed by atoms with Gasteiger partial charge in [-0.2, -0.15) is 5.26 Å². The molecule has 0 bridgehead atoms. The highest BCUT2D eigenvalue weighted by Crippen LogP contribution is 2.27. The average Bonchev–Trinajstić information content (AvgIpc) is 2.37. The van der Waals surface area contributed by atoms with Crippen molar-refractivity contribution in [2.24, 2.45) is 5.92 Å². The average molecular weight is 250 g/mol. The summed E-state index contributed by atoms with van der Waals surface area (Å²) in [6, 6.07) is 2.33. The molecule has 18 heavy (non-hydrogen) atoms. The van der Waals surface area contributed by atoms with E-state index in [0.29, 0.717) is 19.4 Å². The molecule has 0 radical (unpaired) electrons. The van der Waals surface area contributed by atoms with Crippen molar-refractivity contribution >= 4 is 5.91 Å². The highest BCUT2D eigenvalue weighted by molar-refractivity contribution is 5.76. The van der Waals surface area contributed by atoms with Crippen LogP contribution in [0.1, 0.15) is 65.2 Å². The van der Waals surface area contributed by atoms with E-state index in [-0.39, 0.29) is 11.9 Å². The Morgan fingerprint density at radius 1 is 1.33 bits per heavy atom. The first-order valence-electron chi connectivity index (χ1n) is 7.31. The van der Waals surface area contributed by atoms with Gasteiger partial charge in [-0.15, -0.1) is 0 Å². The van der Waals surface area contributed by atoms with E-state index >= 15 is 0 Å². The zero-order chi connectivity index (χ0) is 13.4. The van der Waals surface area contributed by atoms with Crippen molar-refractivity contribution in [2.45, 2.75) is 71.3 Å². The molecule has 0 unspecified atom stereocenters. The summed E-state index contributed by atoms with van der Waals surface area (Å²) < 4.78 is 0. The lowest BCUT2D eigenvalue weighted by Gasteiger charge is -2.27. The van der Waals surface area contributed by atoms with Crippen LogP contribution in [0.15, 0.2) is 0 Å². The maximum atomic E-state index is 12.1. The summed E-state index contributed by atoms with van der Waals surface area (Å²) in [7, 11) is 0. The first-order chi connectivity index (χ1) is 8.65. The zero-order valence-corrected chi connectivity index (χ0v) is 11.8. The predicted molar refractivity (Wildman–Crippen MR) is 72.9 cm³/mol. The Morgan fingerprint density at radius 3 is 2.56 bits per heavy atom. The number of amides is 1. The van der Waals surface area contributed by atoms with Gasteiger partial charge in [0.15, 0.2) is 0 Å². The summed E-state index contributed by atoms with van der Waals surface area (Å²) in [5.41, 5.74) is 0. The van der Waals surface area contributed by atoms with Gasteiger partial charge in [-0.05, 0) is 26.2 Å². The molecule has 0 N–H and O–H groups in total. The molecule has 0 heterocycles. The fraction of sp³-hybridized carbons (Fsp3) is 0.867. The normalized spacial score (nSPS) is 16.6. The van der Waals surface area contributed by atoms with Crippen LogP contribution in [0.25, 0.3) is 0 Å². The molecule has 0 aromatic rings. The first kappa shape index (κ1) is 15.0. The van der Waals surface area contributed by atoms with E-state index in [2.05, 4.69) is 6.07 Å². The molecule has 0 atom stereocenters. The lowest BCUT2D eigenvalue weighted by atomic mass is 9.86. The van der Waals surface area contributed by atoms with Gasteiger partial charge in [0.1, 0.15) is 0 Å². The zero-order valence-electron chi connectivity index (χ0n) is 11.8. The monoisotopic (exact) mass is 250 g/mol. The third kappa shape index (κ3) is 5.08. The lowest BCUT2D eigenvalue weighted by Crippen LogP contribution is -2.37. The van der Waals surface area contributed by atoms with Gasteiger partial charge in [0.05, 0.1) is 12.5 Å². The van der Waals surface area contributed by atoms with Crippen LogP contribution in [0.4, 0.5) is 0 Å². The Labute approximate surface area is 111 Å². The van der Waals surface area contributed by atoms with Gasteiger partial charge >= 0.3 is 0 Å². The van der Waals surface area contributed by atoms with Crippen molar-refractivity contribution in [3.8, 4) is 6.07 Å². The van der Waals surface area contributed by atoms with Gasteiger partial charge in [-0.25, -0.2) is 0 Å². The van der Waals surface area contributed by atoms with Crippen LogP contribution in [0.5, 0.6) is 0 Å². The van der Waals surface area contributed by atoms with E-state index in [1.165, 1.54) is 32.1 Å². The fourth-order valence-electron chi connectivity index (χ4n) is 2.79. The second-order valence-electron chi connectivity index (χ2n) is 5.63. The summed E-state index contributed by atoms with van der Waals surface area (Å²) in [5, 5.41) is 8.62. The molecule has 3 heteroatoms. The van der Waals surface area contributed by atoms with Crippen LogP contribution < -0.4 is 0 Å². The van der Waals surface area contributed by atoms with Crippen molar-refractivity contribution in [3.63, 3.8) is 0 Å². The second kappa shape index (κ2) is 8.13. The van der Waals surface area contributed by atoms with Crippen LogP contribution in [0.3, 0.4) is 0 Å². The Kier molecular flexibility index (Phi) is 6.78. The molecule has 0 aliphatic heterocycles. The molecular formula is C15H26N2O. The number of nitriles is 1. The van der Waals surface area contributed by atoms with Gasteiger partial charge in [0.25, 0.3) is 0 Å². The molecule has 1 aliphatic rings. The SMILES string of the molecule is CC(C)N(CCC#N)C(=O)CCC1CCCCC1. The molecule has 0 aromatic heterocycles. The predicted octanol–water partition coefficient (Wildman–Crippen LogP) is 3.50. The third-order valence-electron chi connectivity index (χ3n) is 3.90. The quantitative estimate of drug-likeness (QED) is 0.724. The number of nitrogens with zero attached hydrogens (tertiary/aromatic N) is 2. The second-order valence-corrected chi connectivity index (χ2v) is 5.63. The summed E-state index contributed by atoms with van der Waals surface area (Å²) in [5.74, 6) is 0.985. The minimum absolute atomic E-state index is 0.206. The summed E-state index contributed by atoms with van der Waals surface area (Å²) in [6.07, 6.45) is 8.77. The van der Waals surface area contributed by atoms with E-state index in [4.69, 9.17) is 5.26 Å². The van der Waals surface area contributed by atoms with Crippen LogP contribution in [-0.2, 0) is 4.79 Å². The lowest BCUT2D eigenvalue weighted by molar-refractivity contribution is -0.133. The number of hydrogen-bond donors (Lipinski definition) is 0.